The second-order valence-corrected chi connectivity index (χ2v) is 6.35. The maximum absolute atomic E-state index is 3.59. The predicted molar refractivity (Wildman–Crippen MR) is 78.9 cm³/mol. The zero-order valence-electron chi connectivity index (χ0n) is 12.5. The van der Waals surface area contributed by atoms with Gasteiger partial charge in [-0.25, -0.2) is 0 Å². The Balaban J connectivity index is 1.91. The third-order valence-electron chi connectivity index (χ3n) is 5.22. The van der Waals surface area contributed by atoms with E-state index in [0.717, 1.165) is 18.0 Å². The molecule has 1 heterocycles. The molecule has 0 bridgehead atoms. The lowest BCUT2D eigenvalue weighted by Crippen LogP contribution is -2.46. The number of rotatable bonds is 4. The highest BCUT2D eigenvalue weighted by Gasteiger charge is 2.28. The van der Waals surface area contributed by atoms with Crippen molar-refractivity contribution in [3.8, 4) is 0 Å². The first-order chi connectivity index (χ1) is 8.85. The van der Waals surface area contributed by atoms with Crippen LogP contribution in [0.4, 0.5) is 0 Å². The first-order valence-corrected chi connectivity index (χ1v) is 8.26. The van der Waals surface area contributed by atoms with Gasteiger partial charge in [0.1, 0.15) is 0 Å². The average Bonchev–Trinajstić information content (AvgIpc) is 2.64. The lowest BCUT2D eigenvalue weighted by molar-refractivity contribution is 0.108. The highest BCUT2D eigenvalue weighted by molar-refractivity contribution is 4.84. The Kier molecular flexibility index (Phi) is 5.97. The molecule has 1 N–H and O–H groups in total. The Labute approximate surface area is 114 Å². The van der Waals surface area contributed by atoms with E-state index >= 15 is 0 Å². The fourth-order valence-electron chi connectivity index (χ4n) is 4.05. The molecule has 2 aliphatic rings. The average molecular weight is 252 g/mol. The normalized spacial score (nSPS) is 35.3. The van der Waals surface area contributed by atoms with Crippen molar-refractivity contribution in [2.75, 3.05) is 20.1 Å². The molecule has 1 saturated carbocycles. The summed E-state index contributed by atoms with van der Waals surface area (Å²) in [6, 6.07) is 1.64. The topological polar surface area (TPSA) is 15.3 Å². The Morgan fingerprint density at radius 1 is 1.00 bits per heavy atom. The van der Waals surface area contributed by atoms with Gasteiger partial charge in [-0.1, -0.05) is 32.6 Å². The van der Waals surface area contributed by atoms with Gasteiger partial charge in [-0.3, -0.25) is 0 Å². The quantitative estimate of drug-likeness (QED) is 0.771. The zero-order chi connectivity index (χ0) is 12.8. The van der Waals surface area contributed by atoms with E-state index in [9.17, 15) is 0 Å². The molecule has 3 atom stereocenters. The summed E-state index contributed by atoms with van der Waals surface area (Å²) >= 11 is 0. The molecule has 18 heavy (non-hydrogen) atoms. The zero-order valence-corrected chi connectivity index (χ0v) is 12.5. The van der Waals surface area contributed by atoms with Crippen LogP contribution in [0.5, 0.6) is 0 Å². The summed E-state index contributed by atoms with van der Waals surface area (Å²) < 4.78 is 0. The van der Waals surface area contributed by atoms with Crippen LogP contribution in [0.1, 0.15) is 64.7 Å². The van der Waals surface area contributed by atoms with Crippen molar-refractivity contribution in [1.29, 1.82) is 0 Å². The Bertz CT molecular complexity index is 229. The monoisotopic (exact) mass is 252 g/mol. The first kappa shape index (κ1) is 14.3. The lowest BCUT2D eigenvalue weighted by Gasteiger charge is -2.39. The summed E-state index contributed by atoms with van der Waals surface area (Å²) in [5.74, 6) is 0.893. The van der Waals surface area contributed by atoms with Crippen molar-refractivity contribution in [3.05, 3.63) is 0 Å². The van der Waals surface area contributed by atoms with Crippen molar-refractivity contribution < 1.29 is 0 Å². The Morgan fingerprint density at radius 2 is 1.78 bits per heavy atom. The molecule has 2 fully saturated rings. The molecule has 1 saturated heterocycles. The fourth-order valence-corrected chi connectivity index (χ4v) is 4.05. The van der Waals surface area contributed by atoms with Gasteiger partial charge in [0.25, 0.3) is 0 Å². The lowest BCUT2D eigenvalue weighted by atomic mass is 9.91. The van der Waals surface area contributed by atoms with E-state index in [2.05, 4.69) is 24.2 Å². The number of nitrogens with one attached hydrogen (secondary N) is 1. The molecule has 0 radical (unpaired) electrons. The number of piperidine rings is 1. The smallest absolute Gasteiger partial charge is 0.0104 e. The van der Waals surface area contributed by atoms with Crippen LogP contribution in [-0.2, 0) is 0 Å². The van der Waals surface area contributed by atoms with Crippen LogP contribution in [0, 0.1) is 5.92 Å². The summed E-state index contributed by atoms with van der Waals surface area (Å²) in [6.45, 7) is 5.07. The van der Waals surface area contributed by atoms with Crippen LogP contribution in [0.3, 0.4) is 0 Å². The molecule has 0 aromatic carbocycles. The van der Waals surface area contributed by atoms with Crippen molar-refractivity contribution in [2.45, 2.75) is 76.8 Å². The van der Waals surface area contributed by atoms with Crippen LogP contribution in [-0.4, -0.2) is 37.1 Å². The third kappa shape index (κ3) is 3.71. The van der Waals surface area contributed by atoms with Gasteiger partial charge < -0.3 is 10.2 Å². The molecular weight excluding hydrogens is 220 g/mol. The SMILES string of the molecule is CCC1CCCCN1CC1CCCCCC1NC. The van der Waals surface area contributed by atoms with Crippen LogP contribution in [0.2, 0.25) is 0 Å². The highest BCUT2D eigenvalue weighted by Crippen LogP contribution is 2.27. The standard InChI is InChI=1S/C16H32N2/c1-3-15-10-7-8-12-18(15)13-14-9-5-4-6-11-16(14)17-2/h14-17H,3-13H2,1-2H3. The van der Waals surface area contributed by atoms with Gasteiger partial charge in [0.2, 0.25) is 0 Å². The second kappa shape index (κ2) is 7.49. The van der Waals surface area contributed by atoms with Gasteiger partial charge in [0.15, 0.2) is 0 Å². The van der Waals surface area contributed by atoms with Gasteiger partial charge in [-0.15, -0.1) is 0 Å². The minimum absolute atomic E-state index is 0.770. The second-order valence-electron chi connectivity index (χ2n) is 6.35. The molecule has 106 valence electrons. The summed E-state index contributed by atoms with van der Waals surface area (Å²) in [5, 5.41) is 3.59. The summed E-state index contributed by atoms with van der Waals surface area (Å²) in [7, 11) is 2.16. The van der Waals surface area contributed by atoms with Crippen LogP contribution in [0.15, 0.2) is 0 Å². The van der Waals surface area contributed by atoms with Gasteiger partial charge in [0.05, 0.1) is 0 Å². The van der Waals surface area contributed by atoms with Crippen molar-refractivity contribution in [3.63, 3.8) is 0 Å². The molecule has 1 aliphatic heterocycles. The largest absolute Gasteiger partial charge is 0.317 e. The summed E-state index contributed by atoms with van der Waals surface area (Å²) in [5.41, 5.74) is 0. The summed E-state index contributed by atoms with van der Waals surface area (Å²) in [4.78, 5) is 2.81. The minimum Gasteiger partial charge on any atom is -0.317 e. The van der Waals surface area contributed by atoms with Crippen molar-refractivity contribution in [2.24, 2.45) is 5.92 Å². The van der Waals surface area contributed by atoms with E-state index in [0.29, 0.717) is 0 Å². The van der Waals surface area contributed by atoms with Gasteiger partial charge >= 0.3 is 0 Å². The molecule has 0 spiro atoms. The predicted octanol–water partition coefficient (Wildman–Crippen LogP) is 3.42. The molecule has 0 aromatic heterocycles. The summed E-state index contributed by atoms with van der Waals surface area (Å²) in [6.07, 6.45) is 12.8. The molecule has 0 amide bonds. The maximum atomic E-state index is 3.59. The molecule has 2 rings (SSSR count). The van der Waals surface area contributed by atoms with Crippen molar-refractivity contribution >= 4 is 0 Å². The van der Waals surface area contributed by atoms with Gasteiger partial charge in [0, 0.05) is 18.6 Å². The number of hydrogen-bond acceptors (Lipinski definition) is 2. The van der Waals surface area contributed by atoms with Crippen LogP contribution in [0.25, 0.3) is 0 Å². The highest BCUT2D eigenvalue weighted by atomic mass is 15.2. The third-order valence-corrected chi connectivity index (χ3v) is 5.22. The van der Waals surface area contributed by atoms with Gasteiger partial charge in [-0.05, 0) is 51.6 Å². The molecular formula is C16H32N2. The van der Waals surface area contributed by atoms with E-state index in [4.69, 9.17) is 0 Å². The van der Waals surface area contributed by atoms with Crippen molar-refractivity contribution in [1.82, 2.24) is 10.2 Å². The first-order valence-electron chi connectivity index (χ1n) is 8.26. The Morgan fingerprint density at radius 3 is 2.56 bits per heavy atom. The van der Waals surface area contributed by atoms with Gasteiger partial charge in [-0.2, -0.15) is 0 Å². The van der Waals surface area contributed by atoms with E-state index in [-0.39, 0.29) is 0 Å². The maximum Gasteiger partial charge on any atom is 0.0104 e. The molecule has 2 heteroatoms. The molecule has 3 unspecified atom stereocenters. The Hall–Kier alpha value is -0.0800. The van der Waals surface area contributed by atoms with Crippen LogP contribution < -0.4 is 5.32 Å². The van der Waals surface area contributed by atoms with E-state index in [1.54, 1.807) is 0 Å². The van der Waals surface area contributed by atoms with E-state index in [1.807, 2.05) is 0 Å². The molecule has 1 aliphatic carbocycles. The molecule has 2 nitrogen and oxygen atoms in total. The van der Waals surface area contributed by atoms with Crippen LogP contribution >= 0.6 is 0 Å². The minimum atomic E-state index is 0.770. The number of likely N-dealkylation sites (tertiary alicyclic amines) is 1. The fraction of sp³-hybridized carbons (Fsp3) is 1.00. The molecule has 0 aromatic rings. The number of nitrogens with zero attached hydrogens (tertiary/aromatic N) is 1. The number of hydrogen-bond donors (Lipinski definition) is 1. The van der Waals surface area contributed by atoms with E-state index in [1.165, 1.54) is 70.9 Å². The van der Waals surface area contributed by atoms with E-state index < -0.39 is 0 Å².